The Kier molecular flexibility index (Phi) is 1.27. The molecule has 0 amide bonds. The van der Waals surface area contributed by atoms with E-state index in [4.69, 9.17) is 9.47 Å². The van der Waals surface area contributed by atoms with Gasteiger partial charge in [0.15, 0.2) is 5.79 Å². The summed E-state index contributed by atoms with van der Waals surface area (Å²) in [6, 6.07) is 0. The normalized spacial score (nSPS) is 43.8. The first-order chi connectivity index (χ1) is 4.67. The molecule has 3 heteroatoms. The molecule has 0 spiro atoms. The molecule has 0 radical (unpaired) electrons. The average molecular weight is 143 g/mol. The van der Waals surface area contributed by atoms with Gasteiger partial charge in [-0.05, 0) is 13.8 Å². The van der Waals surface area contributed by atoms with Gasteiger partial charge in [0.2, 0.25) is 0 Å². The zero-order chi connectivity index (χ0) is 7.19. The number of hydrogen-bond donors (Lipinski definition) is 1. The summed E-state index contributed by atoms with van der Waals surface area (Å²) in [4.78, 5) is 0. The second-order valence-electron chi connectivity index (χ2n) is 3.37. The summed E-state index contributed by atoms with van der Waals surface area (Å²) in [5.41, 5.74) is 0. The Hall–Kier alpha value is -0.120. The molecule has 2 saturated heterocycles. The molecule has 0 bridgehead atoms. The van der Waals surface area contributed by atoms with Gasteiger partial charge >= 0.3 is 0 Å². The molecule has 0 aromatic rings. The van der Waals surface area contributed by atoms with Crippen molar-refractivity contribution in [2.24, 2.45) is 0 Å². The topological polar surface area (TPSA) is 30.5 Å². The van der Waals surface area contributed by atoms with E-state index in [1.165, 1.54) is 0 Å². The number of rotatable bonds is 0. The van der Waals surface area contributed by atoms with Gasteiger partial charge in [0, 0.05) is 13.1 Å². The Morgan fingerprint density at radius 1 is 1.20 bits per heavy atom. The minimum absolute atomic E-state index is 0.287. The van der Waals surface area contributed by atoms with Crippen LogP contribution in [0.4, 0.5) is 0 Å². The van der Waals surface area contributed by atoms with Crippen molar-refractivity contribution in [3.8, 4) is 0 Å². The van der Waals surface area contributed by atoms with Crippen molar-refractivity contribution in [1.29, 1.82) is 0 Å². The molecule has 2 rings (SSSR count). The molecule has 10 heavy (non-hydrogen) atoms. The molecule has 2 aliphatic heterocycles. The highest BCUT2D eigenvalue weighted by Gasteiger charge is 2.43. The van der Waals surface area contributed by atoms with Gasteiger partial charge in [-0.1, -0.05) is 0 Å². The van der Waals surface area contributed by atoms with E-state index >= 15 is 0 Å². The highest BCUT2D eigenvalue weighted by Crippen LogP contribution is 2.29. The van der Waals surface area contributed by atoms with E-state index in [0.717, 1.165) is 13.1 Å². The van der Waals surface area contributed by atoms with Crippen molar-refractivity contribution < 1.29 is 9.47 Å². The van der Waals surface area contributed by atoms with Gasteiger partial charge < -0.3 is 14.8 Å². The largest absolute Gasteiger partial charge is 0.343 e. The van der Waals surface area contributed by atoms with Crippen LogP contribution in [-0.2, 0) is 9.47 Å². The molecule has 58 valence electrons. The fourth-order valence-electron chi connectivity index (χ4n) is 1.62. The van der Waals surface area contributed by atoms with Crippen LogP contribution in [0.1, 0.15) is 13.8 Å². The highest BCUT2D eigenvalue weighted by atomic mass is 16.8. The summed E-state index contributed by atoms with van der Waals surface area (Å²) in [6.07, 6.45) is 0.574. The Morgan fingerprint density at radius 2 is 1.70 bits per heavy atom. The summed E-state index contributed by atoms with van der Waals surface area (Å²) in [6.45, 7) is 5.80. The summed E-state index contributed by atoms with van der Waals surface area (Å²) in [5.74, 6) is -0.350. The summed E-state index contributed by atoms with van der Waals surface area (Å²) >= 11 is 0. The maximum absolute atomic E-state index is 5.59. The lowest BCUT2D eigenvalue weighted by atomic mass is 10.3. The van der Waals surface area contributed by atoms with Crippen LogP contribution in [-0.4, -0.2) is 31.1 Å². The monoisotopic (exact) mass is 143 g/mol. The smallest absolute Gasteiger partial charge is 0.163 e. The molecule has 2 aliphatic rings. The summed E-state index contributed by atoms with van der Waals surface area (Å²) < 4.78 is 11.2. The van der Waals surface area contributed by atoms with Crippen LogP contribution in [0.25, 0.3) is 0 Å². The third-order valence-corrected chi connectivity index (χ3v) is 1.98. The van der Waals surface area contributed by atoms with Crippen LogP contribution in [0.5, 0.6) is 0 Å². The molecule has 1 unspecified atom stereocenters. The SMILES string of the molecule is CC1(C)OC2CNC[C@@H]2O1. The zero-order valence-electron chi connectivity index (χ0n) is 6.39. The van der Waals surface area contributed by atoms with Crippen LogP contribution in [0.3, 0.4) is 0 Å². The predicted octanol–water partition coefficient (Wildman–Crippen LogP) is 0.110. The maximum atomic E-state index is 5.59. The first-order valence-corrected chi connectivity index (χ1v) is 3.74. The van der Waals surface area contributed by atoms with E-state index < -0.39 is 0 Å². The highest BCUT2D eigenvalue weighted by molar-refractivity contribution is 4.89. The second-order valence-corrected chi connectivity index (χ2v) is 3.37. The van der Waals surface area contributed by atoms with Crippen molar-refractivity contribution in [3.63, 3.8) is 0 Å². The fourth-order valence-corrected chi connectivity index (χ4v) is 1.62. The lowest BCUT2D eigenvalue weighted by Gasteiger charge is -2.17. The third-order valence-electron chi connectivity index (χ3n) is 1.98. The Labute approximate surface area is 60.7 Å². The van der Waals surface area contributed by atoms with Gasteiger partial charge in [0.1, 0.15) is 12.2 Å². The molecule has 0 aromatic carbocycles. The Bertz CT molecular complexity index is 133. The molecule has 2 fully saturated rings. The molecule has 0 saturated carbocycles. The van der Waals surface area contributed by atoms with E-state index in [1.54, 1.807) is 0 Å². The number of hydrogen-bond acceptors (Lipinski definition) is 3. The van der Waals surface area contributed by atoms with Gasteiger partial charge in [-0.15, -0.1) is 0 Å². The average Bonchev–Trinajstić information content (AvgIpc) is 2.20. The molecule has 1 N–H and O–H groups in total. The standard InChI is InChI=1S/C7H13NO2/c1-7(2)9-5-3-8-4-6(5)10-7/h5-6,8H,3-4H2,1-2H3/t5-,6?/m0/s1. The van der Waals surface area contributed by atoms with Crippen LogP contribution < -0.4 is 5.32 Å². The second kappa shape index (κ2) is 1.94. The van der Waals surface area contributed by atoms with Crippen molar-refractivity contribution in [1.82, 2.24) is 5.32 Å². The minimum Gasteiger partial charge on any atom is -0.343 e. The third kappa shape index (κ3) is 0.944. The van der Waals surface area contributed by atoms with Crippen molar-refractivity contribution >= 4 is 0 Å². The molecule has 2 atom stereocenters. The van der Waals surface area contributed by atoms with Gasteiger partial charge in [-0.3, -0.25) is 0 Å². The number of fused-ring (bicyclic) bond motifs is 1. The van der Waals surface area contributed by atoms with Gasteiger partial charge in [0.05, 0.1) is 0 Å². The summed E-state index contributed by atoms with van der Waals surface area (Å²) in [7, 11) is 0. The van der Waals surface area contributed by atoms with E-state index in [2.05, 4.69) is 5.32 Å². The van der Waals surface area contributed by atoms with Crippen molar-refractivity contribution in [3.05, 3.63) is 0 Å². The number of ether oxygens (including phenoxy) is 2. The molecule has 2 heterocycles. The first-order valence-electron chi connectivity index (χ1n) is 3.74. The maximum Gasteiger partial charge on any atom is 0.163 e. The van der Waals surface area contributed by atoms with E-state index in [-0.39, 0.29) is 18.0 Å². The first kappa shape index (κ1) is 6.58. The number of nitrogens with one attached hydrogen (secondary N) is 1. The summed E-state index contributed by atoms with van der Waals surface area (Å²) in [5, 5.41) is 3.21. The van der Waals surface area contributed by atoms with Crippen LogP contribution in [0.15, 0.2) is 0 Å². The van der Waals surface area contributed by atoms with Crippen LogP contribution >= 0.6 is 0 Å². The zero-order valence-corrected chi connectivity index (χ0v) is 6.39. The van der Waals surface area contributed by atoms with Crippen LogP contribution in [0, 0.1) is 0 Å². The van der Waals surface area contributed by atoms with E-state index in [1.807, 2.05) is 13.8 Å². The molecular weight excluding hydrogens is 130 g/mol. The predicted molar refractivity (Wildman–Crippen MR) is 36.7 cm³/mol. The quantitative estimate of drug-likeness (QED) is 0.522. The Balaban J connectivity index is 2.07. The molecule has 0 aromatic heterocycles. The van der Waals surface area contributed by atoms with Gasteiger partial charge in [0.25, 0.3) is 0 Å². The van der Waals surface area contributed by atoms with Crippen LogP contribution in [0.2, 0.25) is 0 Å². The van der Waals surface area contributed by atoms with Gasteiger partial charge in [-0.25, -0.2) is 0 Å². The van der Waals surface area contributed by atoms with E-state index in [0.29, 0.717) is 0 Å². The van der Waals surface area contributed by atoms with Gasteiger partial charge in [-0.2, -0.15) is 0 Å². The molecule has 0 aliphatic carbocycles. The molecule has 3 nitrogen and oxygen atoms in total. The lowest BCUT2D eigenvalue weighted by molar-refractivity contribution is -0.149. The van der Waals surface area contributed by atoms with Crippen molar-refractivity contribution in [2.75, 3.05) is 13.1 Å². The lowest BCUT2D eigenvalue weighted by Crippen LogP contribution is -2.26. The molecular formula is C7H13NO2. The van der Waals surface area contributed by atoms with E-state index in [9.17, 15) is 0 Å². The minimum atomic E-state index is -0.350. The Morgan fingerprint density at radius 3 is 2.20 bits per heavy atom. The van der Waals surface area contributed by atoms with Crippen molar-refractivity contribution in [2.45, 2.75) is 31.8 Å². The fraction of sp³-hybridized carbons (Fsp3) is 1.00.